The van der Waals surface area contributed by atoms with E-state index in [0.717, 1.165) is 26.5 Å². The van der Waals surface area contributed by atoms with E-state index in [4.69, 9.17) is 38.8 Å². The van der Waals surface area contributed by atoms with Gasteiger partial charge in [0.1, 0.15) is 0 Å². The van der Waals surface area contributed by atoms with Gasteiger partial charge >= 0.3 is 264 Å². The quantitative estimate of drug-likeness (QED) is 0.140. The minimum atomic E-state index is -4.41. The van der Waals surface area contributed by atoms with Crippen LogP contribution in [0.5, 0.6) is 0 Å². The molecule has 0 aliphatic rings. The summed E-state index contributed by atoms with van der Waals surface area (Å²) in [6.45, 7) is 0. The van der Waals surface area contributed by atoms with Crippen molar-refractivity contribution in [3.8, 4) is 0 Å². The standard InChI is InChI=1S/C36H29Cl3OP2.Re/c37-34-27-16-28-35(36(34)38)42(39,32-23-12-4-13-24-32,33-25-14-5-15-26-33)40-41(29-17-6-1-7-18-29,30-19-8-2-9-20-30)31-21-10-3-11-22-31;/h1-28,41H;. The Morgan fingerprint density at radius 3 is 1.16 bits per heavy atom. The van der Waals surface area contributed by atoms with Crippen molar-refractivity contribution in [2.45, 2.75) is 0 Å². The molecule has 43 heavy (non-hydrogen) atoms. The van der Waals surface area contributed by atoms with Gasteiger partial charge in [-0.25, -0.2) is 0 Å². The molecule has 0 saturated heterocycles. The average Bonchev–Trinajstić information content (AvgIpc) is 3.07. The van der Waals surface area contributed by atoms with Crippen molar-refractivity contribution in [1.29, 1.82) is 0 Å². The molecule has 0 aromatic heterocycles. The van der Waals surface area contributed by atoms with Crippen molar-refractivity contribution in [2.24, 2.45) is 0 Å². The van der Waals surface area contributed by atoms with Gasteiger partial charge in [0.15, 0.2) is 0 Å². The minimum absolute atomic E-state index is 0. The summed E-state index contributed by atoms with van der Waals surface area (Å²) in [6.07, 6.45) is -4.41. The molecule has 0 aliphatic carbocycles. The molecule has 0 aliphatic heterocycles. The zero-order chi connectivity index (χ0) is 29.1. The van der Waals surface area contributed by atoms with Crippen LogP contribution in [0.3, 0.4) is 0 Å². The van der Waals surface area contributed by atoms with Crippen LogP contribution >= 0.6 is 48.1 Å². The van der Waals surface area contributed by atoms with E-state index in [0.29, 0.717) is 15.3 Å². The van der Waals surface area contributed by atoms with Crippen LogP contribution in [0.1, 0.15) is 0 Å². The molecule has 6 aromatic carbocycles. The average molecular weight is 832 g/mol. The van der Waals surface area contributed by atoms with Crippen LogP contribution in [0.4, 0.5) is 0 Å². The summed E-state index contributed by atoms with van der Waals surface area (Å²) in [5.41, 5.74) is 0. The monoisotopic (exact) mass is 831 g/mol. The van der Waals surface area contributed by atoms with Gasteiger partial charge in [-0.15, -0.1) is 0 Å². The second-order valence-corrected chi connectivity index (χ2v) is 20.0. The van der Waals surface area contributed by atoms with Crippen LogP contribution in [0.25, 0.3) is 0 Å². The van der Waals surface area contributed by atoms with Gasteiger partial charge in [-0.05, 0) is 0 Å². The molecule has 0 N–H and O–H groups in total. The molecule has 0 amide bonds. The van der Waals surface area contributed by atoms with Gasteiger partial charge in [0, 0.05) is 20.4 Å². The second kappa shape index (κ2) is 13.3. The zero-order valence-corrected chi connectivity index (χ0v) is 29.9. The Balaban J connectivity index is 0.00000368. The molecule has 6 aromatic rings. The fourth-order valence-corrected chi connectivity index (χ4v) is 19.3. The Labute approximate surface area is 282 Å². The van der Waals surface area contributed by atoms with Crippen molar-refractivity contribution in [3.63, 3.8) is 0 Å². The van der Waals surface area contributed by atoms with Gasteiger partial charge in [0.25, 0.3) is 0 Å². The number of halogens is 3. The first kappa shape index (κ1) is 32.1. The van der Waals surface area contributed by atoms with E-state index in [9.17, 15) is 0 Å². The summed E-state index contributed by atoms with van der Waals surface area (Å²) in [5.74, 6) is 0. The summed E-state index contributed by atoms with van der Waals surface area (Å²) in [4.78, 5) is 0. The molecule has 0 heterocycles. The van der Waals surface area contributed by atoms with Crippen LogP contribution in [0, 0.1) is 0 Å². The van der Waals surface area contributed by atoms with Crippen molar-refractivity contribution in [3.05, 3.63) is 180 Å². The van der Waals surface area contributed by atoms with Crippen molar-refractivity contribution < 1.29 is 24.7 Å². The minimum Gasteiger partial charge on any atom is 0 e. The maximum absolute atomic E-state index is 8.59. The first-order chi connectivity index (χ1) is 20.5. The Kier molecular flexibility index (Phi) is 9.96. The van der Waals surface area contributed by atoms with Gasteiger partial charge in [-0.3, -0.25) is 0 Å². The number of benzene rings is 6. The Hall–Kier alpha value is -2.33. The van der Waals surface area contributed by atoms with E-state index in [1.165, 1.54) is 0 Å². The molecule has 7 heteroatoms. The Morgan fingerprint density at radius 2 is 0.791 bits per heavy atom. The van der Waals surface area contributed by atoms with Crippen molar-refractivity contribution >= 4 is 79.9 Å². The van der Waals surface area contributed by atoms with Crippen LogP contribution in [0.15, 0.2) is 170 Å². The molecule has 1 nitrogen and oxygen atoms in total. The molecule has 1 radical (unpaired) electrons. The molecule has 0 unspecified atom stereocenters. The van der Waals surface area contributed by atoms with Crippen LogP contribution in [-0.4, -0.2) is 0 Å². The zero-order valence-electron chi connectivity index (χ0n) is 23.0. The third kappa shape index (κ3) is 5.56. The van der Waals surface area contributed by atoms with Crippen molar-refractivity contribution in [1.82, 2.24) is 0 Å². The number of hydrogen-bond acceptors (Lipinski definition) is 1. The molecular formula is C36H29Cl3OP2Re. The first-order valence-electron chi connectivity index (χ1n) is 13.7. The molecule has 0 bridgehead atoms. The van der Waals surface area contributed by atoms with Crippen molar-refractivity contribution in [2.75, 3.05) is 0 Å². The van der Waals surface area contributed by atoms with Crippen LogP contribution in [-0.2, 0) is 24.7 Å². The maximum atomic E-state index is 8.59. The summed E-state index contributed by atoms with van der Waals surface area (Å²) >= 11 is 22.5. The molecular weight excluding hydrogens is 803 g/mol. The fourth-order valence-electron chi connectivity index (χ4n) is 5.71. The van der Waals surface area contributed by atoms with Gasteiger partial charge in [0.05, 0.1) is 0 Å². The van der Waals surface area contributed by atoms with E-state index < -0.39 is 13.7 Å². The van der Waals surface area contributed by atoms with E-state index in [2.05, 4.69) is 97.1 Å². The maximum Gasteiger partial charge on any atom is 0 e. The number of hydrogen-bond donors (Lipinski definition) is 0. The van der Waals surface area contributed by atoms with Gasteiger partial charge in [0.2, 0.25) is 0 Å². The van der Waals surface area contributed by atoms with E-state index >= 15 is 0 Å². The van der Waals surface area contributed by atoms with Gasteiger partial charge in [-0.1, -0.05) is 0 Å². The third-order valence-electron chi connectivity index (χ3n) is 7.65. The molecule has 0 saturated carbocycles. The molecule has 0 spiro atoms. The smallest absolute Gasteiger partial charge is 0 e. The van der Waals surface area contributed by atoms with Gasteiger partial charge < -0.3 is 0 Å². The summed E-state index contributed by atoms with van der Waals surface area (Å²) in [7, 11) is -3.40. The second-order valence-electron chi connectivity index (χ2n) is 10.0. The summed E-state index contributed by atoms with van der Waals surface area (Å²) < 4.78 is 8.16. The molecule has 0 atom stereocenters. The normalized spacial score (nSPS) is 12.9. The Bertz CT molecular complexity index is 1660. The molecule has 217 valence electrons. The summed E-state index contributed by atoms with van der Waals surface area (Å²) in [6, 6.07) is 57.2. The molecule has 6 rings (SSSR count). The predicted octanol–water partition coefficient (Wildman–Crippen LogP) is 8.55. The van der Waals surface area contributed by atoms with E-state index in [1.807, 2.05) is 66.7 Å². The largest absolute Gasteiger partial charge is 0 e. The van der Waals surface area contributed by atoms with Crippen LogP contribution in [0.2, 0.25) is 10.0 Å². The van der Waals surface area contributed by atoms with E-state index in [1.54, 1.807) is 6.07 Å². The topological polar surface area (TPSA) is 9.23 Å². The van der Waals surface area contributed by atoms with Crippen LogP contribution < -0.4 is 31.8 Å². The fraction of sp³-hybridized carbons (Fsp3) is 0. The Morgan fingerprint density at radius 1 is 0.442 bits per heavy atom. The SMILES string of the molecule is Clc1cccc(P(Cl)(O[PH](c2ccccc2)(c2ccccc2)c2ccccc2)(c2ccccc2)c2ccccc2)c1Cl.[Re]. The third-order valence-corrected chi connectivity index (χ3v) is 20.5. The van der Waals surface area contributed by atoms with Gasteiger partial charge in [-0.2, -0.15) is 0 Å². The number of rotatable bonds is 8. The van der Waals surface area contributed by atoms with E-state index in [-0.39, 0.29) is 20.4 Å². The molecule has 0 fully saturated rings. The predicted molar refractivity (Wildman–Crippen MR) is 189 cm³/mol. The summed E-state index contributed by atoms with van der Waals surface area (Å²) in [5, 5.41) is 6.39. The first-order valence-corrected chi connectivity index (χ1v) is 19.4.